The first-order valence-corrected chi connectivity index (χ1v) is 5.53. The standard InChI is InChI=1S/C13H20N2O/c1-4-5-16-13-7-11(14)6-12(8-13)15-9-10(2)3/h6-8,15H,2,4-5,9,14H2,1,3H3. The fourth-order valence-electron chi connectivity index (χ4n) is 1.28. The Balaban J connectivity index is 2.69. The Kier molecular flexibility index (Phi) is 4.70. The zero-order valence-electron chi connectivity index (χ0n) is 10.0. The van der Waals surface area contributed by atoms with Crippen molar-refractivity contribution in [3.8, 4) is 5.75 Å². The van der Waals surface area contributed by atoms with Gasteiger partial charge in [0.1, 0.15) is 5.75 Å². The SMILES string of the molecule is C=C(C)CNc1cc(N)cc(OCCC)c1. The second kappa shape index (κ2) is 6.05. The fraction of sp³-hybridized carbons (Fsp3) is 0.385. The molecule has 3 N–H and O–H groups in total. The largest absolute Gasteiger partial charge is 0.493 e. The lowest BCUT2D eigenvalue weighted by Crippen LogP contribution is -2.03. The first-order chi connectivity index (χ1) is 7.61. The van der Waals surface area contributed by atoms with E-state index in [4.69, 9.17) is 10.5 Å². The molecule has 0 heterocycles. The van der Waals surface area contributed by atoms with Crippen LogP contribution in [0.4, 0.5) is 11.4 Å². The summed E-state index contributed by atoms with van der Waals surface area (Å²) in [5.41, 5.74) is 8.55. The van der Waals surface area contributed by atoms with E-state index < -0.39 is 0 Å². The zero-order chi connectivity index (χ0) is 12.0. The third-order valence-corrected chi connectivity index (χ3v) is 2.00. The normalized spacial score (nSPS) is 9.88. The first-order valence-electron chi connectivity index (χ1n) is 5.53. The minimum atomic E-state index is 0.706. The second-order valence-corrected chi connectivity index (χ2v) is 3.95. The van der Waals surface area contributed by atoms with Crippen molar-refractivity contribution in [2.75, 3.05) is 24.2 Å². The van der Waals surface area contributed by atoms with Crippen LogP contribution in [0.15, 0.2) is 30.4 Å². The van der Waals surface area contributed by atoms with Crippen LogP contribution in [0.5, 0.6) is 5.75 Å². The molecular formula is C13H20N2O. The highest BCUT2D eigenvalue weighted by Gasteiger charge is 1.99. The van der Waals surface area contributed by atoms with Crippen LogP contribution < -0.4 is 15.8 Å². The number of hydrogen-bond donors (Lipinski definition) is 2. The molecule has 0 aliphatic heterocycles. The summed E-state index contributed by atoms with van der Waals surface area (Å²) in [7, 11) is 0. The molecule has 16 heavy (non-hydrogen) atoms. The maximum absolute atomic E-state index is 5.80. The summed E-state index contributed by atoms with van der Waals surface area (Å²) in [5.74, 6) is 0.811. The van der Waals surface area contributed by atoms with Crippen molar-refractivity contribution in [3.63, 3.8) is 0 Å². The zero-order valence-corrected chi connectivity index (χ0v) is 10.0. The number of nitrogen functional groups attached to an aromatic ring is 1. The topological polar surface area (TPSA) is 47.3 Å². The van der Waals surface area contributed by atoms with Gasteiger partial charge in [-0.1, -0.05) is 19.1 Å². The highest BCUT2D eigenvalue weighted by Crippen LogP contribution is 2.22. The minimum absolute atomic E-state index is 0.706. The van der Waals surface area contributed by atoms with Crippen molar-refractivity contribution < 1.29 is 4.74 Å². The molecule has 0 saturated heterocycles. The molecule has 0 spiro atoms. The highest BCUT2D eigenvalue weighted by atomic mass is 16.5. The van der Waals surface area contributed by atoms with Gasteiger partial charge in [-0.3, -0.25) is 0 Å². The summed E-state index contributed by atoms with van der Waals surface area (Å²) in [4.78, 5) is 0. The Morgan fingerprint density at radius 3 is 2.81 bits per heavy atom. The number of nitrogens with one attached hydrogen (secondary N) is 1. The number of rotatable bonds is 6. The van der Waals surface area contributed by atoms with Crippen LogP contribution in [0.25, 0.3) is 0 Å². The van der Waals surface area contributed by atoms with Crippen molar-refractivity contribution in [1.29, 1.82) is 0 Å². The summed E-state index contributed by atoms with van der Waals surface area (Å²) >= 11 is 0. The predicted molar refractivity (Wildman–Crippen MR) is 69.9 cm³/mol. The average molecular weight is 220 g/mol. The smallest absolute Gasteiger partial charge is 0.123 e. The molecule has 0 aliphatic rings. The number of hydrogen-bond acceptors (Lipinski definition) is 3. The maximum atomic E-state index is 5.80. The molecule has 0 bridgehead atoms. The fourth-order valence-corrected chi connectivity index (χ4v) is 1.28. The van der Waals surface area contributed by atoms with Crippen LogP contribution in [-0.2, 0) is 0 Å². The average Bonchev–Trinajstić information content (AvgIpc) is 2.23. The number of nitrogens with two attached hydrogens (primary N) is 1. The quantitative estimate of drug-likeness (QED) is 0.572. The molecule has 3 nitrogen and oxygen atoms in total. The van der Waals surface area contributed by atoms with Gasteiger partial charge in [0.15, 0.2) is 0 Å². The molecule has 0 aromatic heterocycles. The summed E-state index contributed by atoms with van der Waals surface area (Å²) in [6.45, 7) is 9.35. The van der Waals surface area contributed by atoms with Gasteiger partial charge in [-0.15, -0.1) is 0 Å². The Morgan fingerprint density at radius 2 is 2.19 bits per heavy atom. The van der Waals surface area contributed by atoms with E-state index in [2.05, 4.69) is 18.8 Å². The maximum Gasteiger partial charge on any atom is 0.123 e. The van der Waals surface area contributed by atoms with Gasteiger partial charge in [0.25, 0.3) is 0 Å². The van der Waals surface area contributed by atoms with Gasteiger partial charge >= 0.3 is 0 Å². The molecule has 3 heteroatoms. The first kappa shape index (κ1) is 12.4. The third-order valence-electron chi connectivity index (χ3n) is 2.00. The van der Waals surface area contributed by atoms with Crippen molar-refractivity contribution >= 4 is 11.4 Å². The van der Waals surface area contributed by atoms with Crippen LogP contribution in [0.3, 0.4) is 0 Å². The van der Waals surface area contributed by atoms with E-state index in [0.717, 1.165) is 30.0 Å². The lowest BCUT2D eigenvalue weighted by Gasteiger charge is -2.10. The highest BCUT2D eigenvalue weighted by molar-refractivity contribution is 5.59. The Labute approximate surface area is 97.3 Å². The molecule has 0 fully saturated rings. The van der Waals surface area contributed by atoms with Gasteiger partial charge in [-0.05, 0) is 19.4 Å². The molecule has 1 aromatic carbocycles. The van der Waals surface area contributed by atoms with E-state index in [9.17, 15) is 0 Å². The molecule has 0 radical (unpaired) electrons. The van der Waals surface area contributed by atoms with E-state index in [1.165, 1.54) is 0 Å². The summed E-state index contributed by atoms with van der Waals surface area (Å²) in [6.07, 6.45) is 0.989. The van der Waals surface area contributed by atoms with E-state index in [1.54, 1.807) is 0 Å². The van der Waals surface area contributed by atoms with Gasteiger partial charge < -0.3 is 15.8 Å². The number of ether oxygens (including phenoxy) is 1. The van der Waals surface area contributed by atoms with E-state index in [1.807, 2.05) is 25.1 Å². The van der Waals surface area contributed by atoms with Gasteiger partial charge in [-0.25, -0.2) is 0 Å². The van der Waals surface area contributed by atoms with E-state index in [0.29, 0.717) is 12.3 Å². The molecule has 1 rings (SSSR count). The van der Waals surface area contributed by atoms with Crippen molar-refractivity contribution in [3.05, 3.63) is 30.4 Å². The van der Waals surface area contributed by atoms with Gasteiger partial charge in [0.2, 0.25) is 0 Å². The second-order valence-electron chi connectivity index (χ2n) is 3.95. The molecule has 0 saturated carbocycles. The van der Waals surface area contributed by atoms with Crippen LogP contribution in [-0.4, -0.2) is 13.2 Å². The Morgan fingerprint density at radius 1 is 1.44 bits per heavy atom. The van der Waals surface area contributed by atoms with E-state index in [-0.39, 0.29) is 0 Å². The molecule has 1 aromatic rings. The molecule has 0 atom stereocenters. The molecule has 0 aliphatic carbocycles. The summed E-state index contributed by atoms with van der Waals surface area (Å²) in [6, 6.07) is 5.68. The van der Waals surface area contributed by atoms with Crippen LogP contribution in [0.2, 0.25) is 0 Å². The van der Waals surface area contributed by atoms with Crippen molar-refractivity contribution in [2.45, 2.75) is 20.3 Å². The lowest BCUT2D eigenvalue weighted by molar-refractivity contribution is 0.318. The van der Waals surface area contributed by atoms with Crippen molar-refractivity contribution in [1.82, 2.24) is 0 Å². The number of benzene rings is 1. The van der Waals surface area contributed by atoms with E-state index >= 15 is 0 Å². The predicted octanol–water partition coefficient (Wildman–Crippen LogP) is 3.05. The monoisotopic (exact) mass is 220 g/mol. The third kappa shape index (κ3) is 4.26. The van der Waals surface area contributed by atoms with Crippen LogP contribution in [0.1, 0.15) is 20.3 Å². The minimum Gasteiger partial charge on any atom is -0.493 e. The Bertz CT molecular complexity index is 361. The van der Waals surface area contributed by atoms with Gasteiger partial charge in [0, 0.05) is 30.1 Å². The lowest BCUT2D eigenvalue weighted by atomic mass is 10.2. The molecule has 88 valence electrons. The van der Waals surface area contributed by atoms with Gasteiger partial charge in [0.05, 0.1) is 6.61 Å². The summed E-state index contributed by atoms with van der Waals surface area (Å²) < 4.78 is 5.54. The summed E-state index contributed by atoms with van der Waals surface area (Å²) in [5, 5.41) is 3.24. The Hall–Kier alpha value is -1.64. The molecule has 0 unspecified atom stereocenters. The number of anilines is 2. The molecular weight excluding hydrogens is 200 g/mol. The van der Waals surface area contributed by atoms with Crippen LogP contribution in [0, 0.1) is 0 Å². The van der Waals surface area contributed by atoms with Crippen LogP contribution >= 0.6 is 0 Å². The van der Waals surface area contributed by atoms with Crippen molar-refractivity contribution in [2.24, 2.45) is 0 Å². The molecule has 0 amide bonds. The van der Waals surface area contributed by atoms with Gasteiger partial charge in [-0.2, -0.15) is 0 Å².